The minimum Gasteiger partial charge on any atom is -0.354 e. The highest BCUT2D eigenvalue weighted by atomic mass is 16.2. The number of hydrogen-bond acceptors (Lipinski definition) is 4. The van der Waals surface area contributed by atoms with Crippen LogP contribution >= 0.6 is 0 Å². The molecule has 1 heterocycles. The van der Waals surface area contributed by atoms with Gasteiger partial charge in [-0.25, -0.2) is 4.98 Å². The van der Waals surface area contributed by atoms with Crippen LogP contribution in [0, 0.1) is 6.92 Å². The van der Waals surface area contributed by atoms with E-state index in [2.05, 4.69) is 15.6 Å². The summed E-state index contributed by atoms with van der Waals surface area (Å²) in [6.45, 7) is 2.29. The standard InChI is InChI=1S/C26H28N4O3/c1-20-8-7-11-22(18-20)30(19-25(32)28-17-15-21-9-3-2-4-10-21)26(33)14-13-24(31)29-23-12-5-6-16-27-23/h2-12,16,18H,13-15,17,19H2,1H3,(H,28,32)(H,27,29,31). The van der Waals surface area contributed by atoms with Crippen molar-refractivity contribution in [1.82, 2.24) is 10.3 Å². The summed E-state index contributed by atoms with van der Waals surface area (Å²) in [6, 6.07) is 22.5. The third-order valence-corrected chi connectivity index (χ3v) is 4.99. The number of carbonyl (C=O) groups excluding carboxylic acids is 3. The number of carbonyl (C=O) groups is 3. The van der Waals surface area contributed by atoms with Crippen molar-refractivity contribution in [2.75, 3.05) is 23.3 Å². The van der Waals surface area contributed by atoms with Crippen LogP contribution in [0.5, 0.6) is 0 Å². The van der Waals surface area contributed by atoms with Gasteiger partial charge in [-0.3, -0.25) is 14.4 Å². The van der Waals surface area contributed by atoms with Crippen LogP contribution in [0.1, 0.15) is 24.0 Å². The van der Waals surface area contributed by atoms with Crippen molar-refractivity contribution in [2.24, 2.45) is 0 Å². The van der Waals surface area contributed by atoms with Crippen molar-refractivity contribution in [3.8, 4) is 0 Å². The minimum atomic E-state index is -0.307. The Kier molecular flexibility index (Phi) is 8.71. The molecule has 0 atom stereocenters. The van der Waals surface area contributed by atoms with Crippen molar-refractivity contribution in [3.05, 3.63) is 90.1 Å². The summed E-state index contributed by atoms with van der Waals surface area (Å²) in [5.41, 5.74) is 2.73. The van der Waals surface area contributed by atoms with Crippen LogP contribution in [0.15, 0.2) is 79.0 Å². The average molecular weight is 445 g/mol. The number of nitrogens with zero attached hydrogens (tertiary/aromatic N) is 2. The fourth-order valence-corrected chi connectivity index (χ4v) is 3.31. The SMILES string of the molecule is Cc1cccc(N(CC(=O)NCCc2ccccc2)C(=O)CCC(=O)Nc2ccccn2)c1. The number of benzene rings is 2. The zero-order valence-electron chi connectivity index (χ0n) is 18.7. The van der Waals surface area contributed by atoms with Crippen molar-refractivity contribution in [1.29, 1.82) is 0 Å². The Balaban J connectivity index is 1.58. The van der Waals surface area contributed by atoms with Gasteiger partial charge in [-0.2, -0.15) is 0 Å². The third kappa shape index (κ3) is 7.88. The largest absolute Gasteiger partial charge is 0.354 e. The first kappa shape index (κ1) is 23.7. The van der Waals surface area contributed by atoms with Crippen LogP contribution in [0.3, 0.4) is 0 Å². The summed E-state index contributed by atoms with van der Waals surface area (Å²) in [5.74, 6) is -0.421. The first-order valence-electron chi connectivity index (χ1n) is 10.9. The molecule has 3 rings (SSSR count). The van der Waals surface area contributed by atoms with E-state index >= 15 is 0 Å². The zero-order chi connectivity index (χ0) is 23.5. The molecule has 0 aliphatic heterocycles. The zero-order valence-corrected chi connectivity index (χ0v) is 18.7. The van der Waals surface area contributed by atoms with Crippen LogP contribution in [0.2, 0.25) is 0 Å². The number of anilines is 2. The second kappa shape index (κ2) is 12.1. The maximum atomic E-state index is 13.0. The Labute approximate surface area is 193 Å². The van der Waals surface area contributed by atoms with Gasteiger partial charge < -0.3 is 15.5 Å². The summed E-state index contributed by atoms with van der Waals surface area (Å²) in [7, 11) is 0. The molecule has 0 aliphatic rings. The maximum Gasteiger partial charge on any atom is 0.240 e. The van der Waals surface area contributed by atoms with E-state index in [1.54, 1.807) is 30.5 Å². The Bertz CT molecular complexity index is 1070. The van der Waals surface area contributed by atoms with Gasteiger partial charge in [0.15, 0.2) is 0 Å². The van der Waals surface area contributed by atoms with Crippen molar-refractivity contribution < 1.29 is 14.4 Å². The molecule has 7 nitrogen and oxygen atoms in total. The Hall–Kier alpha value is -4.00. The molecule has 3 amide bonds. The highest BCUT2D eigenvalue weighted by molar-refractivity contribution is 6.01. The molecule has 0 saturated heterocycles. The van der Waals surface area contributed by atoms with E-state index in [0.717, 1.165) is 11.1 Å². The predicted molar refractivity (Wildman–Crippen MR) is 129 cm³/mol. The number of aromatic nitrogens is 1. The van der Waals surface area contributed by atoms with Crippen molar-refractivity contribution in [3.63, 3.8) is 0 Å². The average Bonchev–Trinajstić information content (AvgIpc) is 2.82. The summed E-state index contributed by atoms with van der Waals surface area (Å²) in [6.07, 6.45) is 2.26. The topological polar surface area (TPSA) is 91.4 Å². The number of pyridine rings is 1. The lowest BCUT2D eigenvalue weighted by Crippen LogP contribution is -2.41. The van der Waals surface area contributed by atoms with E-state index in [-0.39, 0.29) is 37.1 Å². The van der Waals surface area contributed by atoms with Crippen molar-refractivity contribution >= 4 is 29.2 Å². The van der Waals surface area contributed by atoms with Crippen LogP contribution < -0.4 is 15.5 Å². The molecule has 3 aromatic rings. The van der Waals surface area contributed by atoms with Gasteiger partial charge in [0.2, 0.25) is 17.7 Å². The quantitative estimate of drug-likeness (QED) is 0.501. The molecule has 2 aromatic carbocycles. The molecule has 0 unspecified atom stereocenters. The van der Waals surface area contributed by atoms with E-state index in [4.69, 9.17) is 0 Å². The Morgan fingerprint density at radius 1 is 0.879 bits per heavy atom. The normalized spacial score (nSPS) is 10.3. The second-order valence-corrected chi connectivity index (χ2v) is 7.67. The molecule has 170 valence electrons. The minimum absolute atomic E-state index is 0.00660. The molecule has 0 bridgehead atoms. The fourth-order valence-electron chi connectivity index (χ4n) is 3.31. The molecule has 0 aliphatic carbocycles. The predicted octanol–water partition coefficient (Wildman–Crippen LogP) is 3.50. The molecule has 7 heteroatoms. The van der Waals surface area contributed by atoms with E-state index in [9.17, 15) is 14.4 Å². The highest BCUT2D eigenvalue weighted by Crippen LogP contribution is 2.17. The molecule has 0 saturated carbocycles. The van der Waals surface area contributed by atoms with Gasteiger partial charge in [-0.15, -0.1) is 0 Å². The molecular formula is C26H28N4O3. The van der Waals surface area contributed by atoms with Gasteiger partial charge >= 0.3 is 0 Å². The lowest BCUT2D eigenvalue weighted by atomic mass is 10.1. The summed E-state index contributed by atoms with van der Waals surface area (Å²) >= 11 is 0. The maximum absolute atomic E-state index is 13.0. The van der Waals surface area contributed by atoms with E-state index in [1.165, 1.54) is 4.90 Å². The monoisotopic (exact) mass is 444 g/mol. The second-order valence-electron chi connectivity index (χ2n) is 7.67. The highest BCUT2D eigenvalue weighted by Gasteiger charge is 2.20. The van der Waals surface area contributed by atoms with Gasteiger partial charge in [0.05, 0.1) is 0 Å². The Morgan fingerprint density at radius 3 is 2.39 bits per heavy atom. The van der Waals surface area contributed by atoms with Gasteiger partial charge in [0, 0.05) is 31.3 Å². The summed E-state index contributed by atoms with van der Waals surface area (Å²) in [4.78, 5) is 43.3. The number of rotatable bonds is 10. The van der Waals surface area contributed by atoms with E-state index in [0.29, 0.717) is 24.5 Å². The first-order valence-corrected chi connectivity index (χ1v) is 10.9. The van der Waals surface area contributed by atoms with Crippen LogP contribution in [-0.2, 0) is 20.8 Å². The number of hydrogen-bond donors (Lipinski definition) is 2. The lowest BCUT2D eigenvalue weighted by molar-refractivity contribution is -0.125. The van der Waals surface area contributed by atoms with Crippen LogP contribution in [0.25, 0.3) is 0 Å². The first-order chi connectivity index (χ1) is 16.0. The smallest absolute Gasteiger partial charge is 0.240 e. The molecule has 0 fully saturated rings. The number of nitrogens with one attached hydrogen (secondary N) is 2. The van der Waals surface area contributed by atoms with E-state index < -0.39 is 0 Å². The summed E-state index contributed by atoms with van der Waals surface area (Å²) < 4.78 is 0. The number of amides is 3. The molecule has 0 spiro atoms. The van der Waals surface area contributed by atoms with Gasteiger partial charge in [0.25, 0.3) is 0 Å². The molecular weight excluding hydrogens is 416 g/mol. The molecule has 33 heavy (non-hydrogen) atoms. The Morgan fingerprint density at radius 2 is 1.67 bits per heavy atom. The van der Waals surface area contributed by atoms with Crippen LogP contribution in [-0.4, -0.2) is 35.8 Å². The molecule has 2 N–H and O–H groups in total. The van der Waals surface area contributed by atoms with Crippen molar-refractivity contribution in [2.45, 2.75) is 26.2 Å². The molecule has 0 radical (unpaired) electrons. The third-order valence-electron chi connectivity index (χ3n) is 4.99. The fraction of sp³-hybridized carbons (Fsp3) is 0.231. The van der Waals surface area contributed by atoms with E-state index in [1.807, 2.05) is 55.5 Å². The van der Waals surface area contributed by atoms with Gasteiger partial charge in [-0.05, 0) is 48.7 Å². The van der Waals surface area contributed by atoms with Gasteiger partial charge in [-0.1, -0.05) is 48.5 Å². The summed E-state index contributed by atoms with van der Waals surface area (Å²) in [5, 5.41) is 5.55. The lowest BCUT2D eigenvalue weighted by Gasteiger charge is -2.23. The molecule has 1 aromatic heterocycles. The van der Waals surface area contributed by atoms with Crippen LogP contribution in [0.4, 0.5) is 11.5 Å². The number of aryl methyl sites for hydroxylation is 1. The van der Waals surface area contributed by atoms with Gasteiger partial charge in [0.1, 0.15) is 12.4 Å².